The van der Waals surface area contributed by atoms with Crippen LogP contribution in [-0.4, -0.2) is 16.3 Å². The fourth-order valence-corrected chi connectivity index (χ4v) is 4.17. The lowest BCUT2D eigenvalue weighted by Crippen LogP contribution is -2.13. The van der Waals surface area contributed by atoms with Crippen LogP contribution in [0.2, 0.25) is 5.02 Å². The molecule has 0 radical (unpaired) electrons. The molecular weight excluding hydrogens is 344 g/mol. The number of hydrogen-bond acceptors (Lipinski definition) is 4. The highest BCUT2D eigenvalue weighted by Gasteiger charge is 2.18. The molecule has 24 heavy (non-hydrogen) atoms. The van der Waals surface area contributed by atoms with Crippen LogP contribution in [0.15, 0.2) is 17.3 Å². The van der Waals surface area contributed by atoms with Crippen molar-refractivity contribution in [3.05, 3.63) is 39.7 Å². The first-order valence-corrected chi connectivity index (χ1v) is 9.65. The third-order valence-electron chi connectivity index (χ3n) is 4.27. The molecule has 1 aromatic heterocycles. The topological polar surface area (TPSA) is 36.3 Å². The molecule has 1 aromatic carbocycles. The molecule has 1 aliphatic rings. The molecule has 0 unspecified atom stereocenters. The summed E-state index contributed by atoms with van der Waals surface area (Å²) in [5.41, 5.74) is 4.48. The Balaban J connectivity index is 1.81. The van der Waals surface area contributed by atoms with Crippen LogP contribution in [-0.2, 0) is 23.6 Å². The maximum Gasteiger partial charge on any atom is 0.189 e. The van der Waals surface area contributed by atoms with Crippen molar-refractivity contribution >= 4 is 23.4 Å². The highest BCUT2D eigenvalue weighted by atomic mass is 35.5. The summed E-state index contributed by atoms with van der Waals surface area (Å²) < 4.78 is 13.4. The van der Waals surface area contributed by atoms with Gasteiger partial charge in [0.2, 0.25) is 0 Å². The summed E-state index contributed by atoms with van der Waals surface area (Å²) in [7, 11) is 0. The van der Waals surface area contributed by atoms with Crippen LogP contribution in [0.5, 0.6) is 5.75 Å². The van der Waals surface area contributed by atoms with Crippen molar-refractivity contribution in [3.8, 4) is 5.75 Å². The van der Waals surface area contributed by atoms with E-state index in [1.807, 2.05) is 12.1 Å². The second-order valence-corrected chi connectivity index (χ2v) is 7.40. The van der Waals surface area contributed by atoms with Gasteiger partial charge in [0.25, 0.3) is 0 Å². The Labute approximate surface area is 152 Å². The number of ether oxygens (including phenoxy) is 2. The predicted octanol–water partition coefficient (Wildman–Crippen LogP) is 5.11. The Morgan fingerprint density at radius 1 is 1.33 bits per heavy atom. The third kappa shape index (κ3) is 3.73. The average molecular weight is 367 g/mol. The van der Waals surface area contributed by atoms with Crippen molar-refractivity contribution in [1.29, 1.82) is 0 Å². The first kappa shape index (κ1) is 17.6. The van der Waals surface area contributed by atoms with Gasteiger partial charge in [-0.25, -0.2) is 4.98 Å². The molecule has 0 spiro atoms. The fraction of sp³-hybridized carbons (Fsp3) is 0.500. The van der Waals surface area contributed by atoms with Crippen LogP contribution in [0.4, 0.5) is 0 Å². The number of fused-ring (bicyclic) bond motifs is 1. The minimum absolute atomic E-state index is 0.301. The lowest BCUT2D eigenvalue weighted by molar-refractivity contribution is -0.0168. The Morgan fingerprint density at radius 3 is 2.96 bits per heavy atom. The SMILES string of the molecule is CCCCn1c(SCc2cc(Cl)cc3c2OCOC3)nc(C)c1C. The standard InChI is InChI=1S/C18H23ClN2O2S/c1-4-5-6-21-13(3)12(2)20-18(21)24-10-15-8-16(19)7-14-9-22-11-23-17(14)15/h7-8H,4-6,9-11H2,1-3H3. The quantitative estimate of drug-likeness (QED) is 0.665. The minimum atomic E-state index is 0.301. The number of unbranched alkanes of at least 4 members (excludes halogenated alkanes) is 1. The van der Waals surface area contributed by atoms with Crippen molar-refractivity contribution in [2.75, 3.05) is 6.79 Å². The number of rotatable bonds is 6. The lowest BCUT2D eigenvalue weighted by atomic mass is 10.1. The molecule has 2 heterocycles. The van der Waals surface area contributed by atoms with Gasteiger partial charge in [-0.2, -0.15) is 0 Å². The van der Waals surface area contributed by atoms with E-state index >= 15 is 0 Å². The van der Waals surface area contributed by atoms with Crippen LogP contribution in [0.3, 0.4) is 0 Å². The Morgan fingerprint density at radius 2 is 2.17 bits per heavy atom. The van der Waals surface area contributed by atoms with Crippen LogP contribution in [0, 0.1) is 13.8 Å². The summed E-state index contributed by atoms with van der Waals surface area (Å²) >= 11 is 7.99. The van der Waals surface area contributed by atoms with E-state index in [1.165, 1.54) is 12.1 Å². The number of hydrogen-bond donors (Lipinski definition) is 0. The zero-order valence-corrected chi connectivity index (χ0v) is 16.0. The van der Waals surface area contributed by atoms with Crippen molar-refractivity contribution in [1.82, 2.24) is 9.55 Å². The minimum Gasteiger partial charge on any atom is -0.467 e. The van der Waals surface area contributed by atoms with Crippen LogP contribution in [0.1, 0.15) is 42.3 Å². The number of benzene rings is 1. The van der Waals surface area contributed by atoms with Crippen LogP contribution in [0.25, 0.3) is 0 Å². The van der Waals surface area contributed by atoms with Gasteiger partial charge in [-0.05, 0) is 32.4 Å². The highest BCUT2D eigenvalue weighted by Crippen LogP contribution is 2.35. The molecule has 0 bridgehead atoms. The number of aromatic nitrogens is 2. The molecule has 4 nitrogen and oxygen atoms in total. The monoisotopic (exact) mass is 366 g/mol. The van der Waals surface area contributed by atoms with E-state index in [1.54, 1.807) is 11.8 Å². The molecular formula is C18H23ClN2O2S. The van der Waals surface area contributed by atoms with E-state index in [9.17, 15) is 0 Å². The van der Waals surface area contributed by atoms with Gasteiger partial charge in [-0.15, -0.1) is 0 Å². The van der Waals surface area contributed by atoms with Gasteiger partial charge in [0.05, 0.1) is 12.3 Å². The molecule has 0 N–H and O–H groups in total. The Bertz CT molecular complexity index is 730. The van der Waals surface area contributed by atoms with E-state index in [2.05, 4.69) is 25.3 Å². The third-order valence-corrected chi connectivity index (χ3v) is 5.51. The van der Waals surface area contributed by atoms with Crippen LogP contribution < -0.4 is 4.74 Å². The summed E-state index contributed by atoms with van der Waals surface area (Å²) in [4.78, 5) is 4.74. The maximum atomic E-state index is 6.25. The van der Waals surface area contributed by atoms with Gasteiger partial charge in [0.15, 0.2) is 11.9 Å². The van der Waals surface area contributed by atoms with Crippen molar-refractivity contribution in [2.45, 2.75) is 57.7 Å². The molecule has 0 saturated heterocycles. The van der Waals surface area contributed by atoms with Crippen molar-refractivity contribution in [2.24, 2.45) is 0 Å². The normalized spacial score (nSPS) is 13.7. The highest BCUT2D eigenvalue weighted by molar-refractivity contribution is 7.98. The largest absolute Gasteiger partial charge is 0.467 e. The number of thioether (sulfide) groups is 1. The smallest absolute Gasteiger partial charge is 0.189 e. The van der Waals surface area contributed by atoms with Gasteiger partial charge < -0.3 is 14.0 Å². The van der Waals surface area contributed by atoms with Gasteiger partial charge in [0, 0.05) is 34.1 Å². The molecule has 0 aliphatic carbocycles. The van der Waals surface area contributed by atoms with Gasteiger partial charge in [0.1, 0.15) is 5.75 Å². The van der Waals surface area contributed by atoms with Crippen molar-refractivity contribution < 1.29 is 9.47 Å². The van der Waals surface area contributed by atoms with E-state index in [4.69, 9.17) is 26.1 Å². The molecule has 6 heteroatoms. The first-order chi connectivity index (χ1) is 11.6. The van der Waals surface area contributed by atoms with E-state index in [0.29, 0.717) is 13.4 Å². The number of nitrogens with zero attached hydrogens (tertiary/aromatic N) is 2. The number of aryl methyl sites for hydroxylation is 1. The zero-order valence-electron chi connectivity index (χ0n) is 14.4. The predicted molar refractivity (Wildman–Crippen MR) is 97.9 cm³/mol. The van der Waals surface area contributed by atoms with E-state index in [-0.39, 0.29) is 0 Å². The number of halogens is 1. The Kier molecular flexibility index (Phi) is 5.74. The lowest BCUT2D eigenvalue weighted by Gasteiger charge is -2.21. The Hall–Kier alpha value is -1.17. The molecule has 0 fully saturated rings. The van der Waals surface area contributed by atoms with Gasteiger partial charge in [-0.3, -0.25) is 0 Å². The van der Waals surface area contributed by atoms with E-state index in [0.717, 1.165) is 51.5 Å². The van der Waals surface area contributed by atoms with Crippen molar-refractivity contribution in [3.63, 3.8) is 0 Å². The molecule has 2 aromatic rings. The molecule has 0 amide bonds. The summed E-state index contributed by atoms with van der Waals surface area (Å²) in [5.74, 6) is 1.70. The second kappa shape index (κ2) is 7.81. The molecule has 1 aliphatic heterocycles. The van der Waals surface area contributed by atoms with Gasteiger partial charge in [-0.1, -0.05) is 36.7 Å². The fourth-order valence-electron chi connectivity index (χ4n) is 2.82. The molecule has 3 rings (SSSR count). The second-order valence-electron chi connectivity index (χ2n) is 6.02. The van der Waals surface area contributed by atoms with Gasteiger partial charge >= 0.3 is 0 Å². The van der Waals surface area contributed by atoms with E-state index < -0.39 is 0 Å². The maximum absolute atomic E-state index is 6.25. The van der Waals surface area contributed by atoms with Crippen LogP contribution >= 0.6 is 23.4 Å². The summed E-state index contributed by atoms with van der Waals surface area (Å²) in [6.45, 7) is 8.30. The molecule has 130 valence electrons. The molecule has 0 atom stereocenters. The summed E-state index contributed by atoms with van der Waals surface area (Å²) in [5, 5.41) is 1.79. The summed E-state index contributed by atoms with van der Waals surface area (Å²) in [6.07, 6.45) is 2.34. The molecule has 0 saturated carbocycles. The zero-order chi connectivity index (χ0) is 17.1. The number of imidazole rings is 1. The summed E-state index contributed by atoms with van der Waals surface area (Å²) in [6, 6.07) is 3.90. The first-order valence-electron chi connectivity index (χ1n) is 8.28. The average Bonchev–Trinajstić information content (AvgIpc) is 2.84.